The van der Waals surface area contributed by atoms with Crippen molar-refractivity contribution in [2.45, 2.75) is 18.5 Å². The molecule has 0 radical (unpaired) electrons. The Balaban J connectivity index is 1.94. The summed E-state index contributed by atoms with van der Waals surface area (Å²) in [7, 11) is 0. The van der Waals surface area contributed by atoms with Gasteiger partial charge in [-0.05, 0) is 30.7 Å². The van der Waals surface area contributed by atoms with Crippen molar-refractivity contribution >= 4 is 11.6 Å². The summed E-state index contributed by atoms with van der Waals surface area (Å²) in [5.41, 5.74) is 0.881. The third kappa shape index (κ3) is 1.22. The average Bonchev–Trinajstić information content (AvgIpc) is 2.80. The number of phenols is 1. The van der Waals surface area contributed by atoms with Crippen LogP contribution in [0.2, 0.25) is 0 Å². The van der Waals surface area contributed by atoms with Gasteiger partial charge in [0.1, 0.15) is 5.75 Å². The van der Waals surface area contributed by atoms with Crippen molar-refractivity contribution in [3.8, 4) is 5.75 Å². The van der Waals surface area contributed by atoms with Gasteiger partial charge in [-0.1, -0.05) is 0 Å². The predicted molar refractivity (Wildman–Crippen MR) is 55.8 cm³/mol. The zero-order chi connectivity index (χ0) is 10.4. The van der Waals surface area contributed by atoms with E-state index in [1.807, 2.05) is 4.90 Å². The summed E-state index contributed by atoms with van der Waals surface area (Å²) in [6, 6.07) is 7.09. The minimum Gasteiger partial charge on any atom is -0.508 e. The van der Waals surface area contributed by atoms with Crippen LogP contribution in [0.5, 0.6) is 5.75 Å². The first kappa shape index (κ1) is 8.73. The van der Waals surface area contributed by atoms with Gasteiger partial charge in [-0.2, -0.15) is 0 Å². The van der Waals surface area contributed by atoms with E-state index in [1.165, 1.54) is 0 Å². The number of carbonyl (C=O) groups excluding carboxylic acids is 1. The summed E-state index contributed by atoms with van der Waals surface area (Å²) < 4.78 is 0. The lowest BCUT2D eigenvalue weighted by atomic mass is 10.2. The van der Waals surface area contributed by atoms with Gasteiger partial charge >= 0.3 is 0 Å². The number of hydrogen-bond donors (Lipinski definition) is 2. The number of amides is 1. The number of piperazine rings is 1. The maximum atomic E-state index is 11.9. The molecule has 0 aromatic heterocycles. The van der Waals surface area contributed by atoms with Crippen LogP contribution in [0.15, 0.2) is 24.3 Å². The Labute approximate surface area is 87.5 Å². The number of rotatable bonds is 1. The van der Waals surface area contributed by atoms with E-state index in [2.05, 4.69) is 5.32 Å². The molecule has 2 aliphatic heterocycles. The molecule has 2 aliphatic rings. The van der Waals surface area contributed by atoms with E-state index >= 15 is 0 Å². The second kappa shape index (κ2) is 2.97. The number of phenolic OH excluding ortho intramolecular Hbond substituents is 1. The predicted octanol–water partition coefficient (Wildman–Crippen LogP) is 0.469. The van der Waals surface area contributed by atoms with Crippen molar-refractivity contribution in [1.82, 2.24) is 5.32 Å². The number of nitrogens with zero attached hydrogens (tertiary/aromatic N) is 1. The molecule has 2 saturated heterocycles. The number of hydrogen-bond acceptors (Lipinski definition) is 3. The van der Waals surface area contributed by atoms with Gasteiger partial charge in [0.25, 0.3) is 0 Å². The molecule has 78 valence electrons. The van der Waals surface area contributed by atoms with E-state index in [1.54, 1.807) is 24.3 Å². The molecular formula is C11H12N2O2. The lowest BCUT2D eigenvalue weighted by Gasteiger charge is -2.27. The van der Waals surface area contributed by atoms with Gasteiger partial charge in [0.2, 0.25) is 5.91 Å². The van der Waals surface area contributed by atoms with Gasteiger partial charge in [-0.25, -0.2) is 0 Å². The molecule has 4 heteroatoms. The van der Waals surface area contributed by atoms with Gasteiger partial charge in [0, 0.05) is 12.2 Å². The highest BCUT2D eigenvalue weighted by atomic mass is 16.3. The molecule has 1 amide bonds. The van der Waals surface area contributed by atoms with Crippen LogP contribution in [0.1, 0.15) is 6.42 Å². The lowest BCUT2D eigenvalue weighted by molar-refractivity contribution is -0.119. The van der Waals surface area contributed by atoms with Crippen molar-refractivity contribution in [2.24, 2.45) is 0 Å². The Morgan fingerprint density at radius 2 is 2.07 bits per heavy atom. The van der Waals surface area contributed by atoms with E-state index in [9.17, 15) is 9.90 Å². The van der Waals surface area contributed by atoms with Crippen LogP contribution in [0.3, 0.4) is 0 Å². The molecule has 0 spiro atoms. The smallest absolute Gasteiger partial charge is 0.244 e. The zero-order valence-electron chi connectivity index (χ0n) is 8.18. The van der Waals surface area contributed by atoms with E-state index in [0.29, 0.717) is 0 Å². The molecule has 2 unspecified atom stereocenters. The number of fused-ring (bicyclic) bond motifs is 2. The molecule has 0 saturated carbocycles. The highest BCUT2D eigenvalue weighted by molar-refractivity contribution is 6.01. The van der Waals surface area contributed by atoms with Crippen LogP contribution in [0.4, 0.5) is 5.69 Å². The van der Waals surface area contributed by atoms with E-state index in [-0.39, 0.29) is 23.7 Å². The van der Waals surface area contributed by atoms with Crippen molar-refractivity contribution < 1.29 is 9.90 Å². The second-order valence-electron chi connectivity index (χ2n) is 4.07. The van der Waals surface area contributed by atoms with Crippen molar-refractivity contribution in [1.29, 1.82) is 0 Å². The number of benzene rings is 1. The third-order valence-corrected chi connectivity index (χ3v) is 3.14. The van der Waals surface area contributed by atoms with Gasteiger partial charge in [-0.15, -0.1) is 0 Å². The summed E-state index contributed by atoms with van der Waals surface area (Å²) in [4.78, 5) is 13.7. The molecule has 2 bridgehead atoms. The highest BCUT2D eigenvalue weighted by Crippen LogP contribution is 2.31. The molecule has 2 heterocycles. The standard InChI is InChI=1S/C11H12N2O2/c14-9-3-1-7(2-4-9)13-8-5-10(11(13)15)12-6-8/h1-4,8,10,12,14H,5-6H2. The molecule has 2 atom stereocenters. The van der Waals surface area contributed by atoms with Crippen LogP contribution in [0.25, 0.3) is 0 Å². The topological polar surface area (TPSA) is 52.6 Å². The highest BCUT2D eigenvalue weighted by Gasteiger charge is 2.45. The minimum atomic E-state index is 0.00352. The summed E-state index contributed by atoms with van der Waals surface area (Å²) in [5, 5.41) is 12.4. The first-order valence-corrected chi connectivity index (χ1v) is 5.11. The fraction of sp³-hybridized carbons (Fsp3) is 0.364. The van der Waals surface area contributed by atoms with Gasteiger partial charge in [0.15, 0.2) is 0 Å². The second-order valence-corrected chi connectivity index (χ2v) is 4.07. The zero-order valence-corrected chi connectivity index (χ0v) is 8.18. The van der Waals surface area contributed by atoms with Gasteiger partial charge < -0.3 is 15.3 Å². The maximum absolute atomic E-state index is 11.9. The van der Waals surface area contributed by atoms with Crippen LogP contribution in [-0.2, 0) is 4.79 Å². The van der Waals surface area contributed by atoms with Gasteiger partial charge in [-0.3, -0.25) is 4.79 Å². The Morgan fingerprint density at radius 1 is 1.33 bits per heavy atom. The summed E-state index contributed by atoms with van der Waals surface area (Å²) >= 11 is 0. The van der Waals surface area contributed by atoms with Crippen LogP contribution < -0.4 is 10.2 Å². The third-order valence-electron chi connectivity index (χ3n) is 3.14. The first-order valence-electron chi connectivity index (χ1n) is 5.11. The fourth-order valence-electron chi connectivity index (χ4n) is 2.40. The summed E-state index contributed by atoms with van der Waals surface area (Å²) in [6.07, 6.45) is 0.902. The Bertz CT molecular complexity index is 402. The molecule has 15 heavy (non-hydrogen) atoms. The number of nitrogens with one attached hydrogen (secondary N) is 1. The maximum Gasteiger partial charge on any atom is 0.244 e. The summed E-state index contributed by atoms with van der Waals surface area (Å²) in [6.45, 7) is 0.872. The van der Waals surface area contributed by atoms with Crippen LogP contribution >= 0.6 is 0 Å². The van der Waals surface area contributed by atoms with Crippen molar-refractivity contribution in [3.05, 3.63) is 24.3 Å². The van der Waals surface area contributed by atoms with Gasteiger partial charge in [0.05, 0.1) is 12.1 Å². The van der Waals surface area contributed by atoms with Crippen LogP contribution in [0, 0.1) is 0 Å². The molecule has 1 aromatic carbocycles. The Kier molecular flexibility index (Phi) is 1.73. The molecule has 4 nitrogen and oxygen atoms in total. The quantitative estimate of drug-likeness (QED) is 0.699. The first-order chi connectivity index (χ1) is 7.25. The van der Waals surface area contributed by atoms with Crippen molar-refractivity contribution in [3.63, 3.8) is 0 Å². The normalized spacial score (nSPS) is 28.8. The van der Waals surface area contributed by atoms with Crippen molar-refractivity contribution in [2.75, 3.05) is 11.4 Å². The Morgan fingerprint density at radius 3 is 2.67 bits per heavy atom. The summed E-state index contributed by atoms with van der Waals surface area (Å²) in [5.74, 6) is 0.380. The number of aromatic hydroxyl groups is 1. The number of anilines is 1. The van der Waals surface area contributed by atoms with E-state index < -0.39 is 0 Å². The largest absolute Gasteiger partial charge is 0.508 e. The van der Waals surface area contributed by atoms with Crippen LogP contribution in [-0.4, -0.2) is 29.6 Å². The molecule has 3 rings (SSSR count). The molecule has 2 N–H and O–H groups in total. The molecular weight excluding hydrogens is 192 g/mol. The monoisotopic (exact) mass is 204 g/mol. The minimum absolute atomic E-state index is 0.00352. The number of carbonyl (C=O) groups is 1. The average molecular weight is 204 g/mol. The lowest BCUT2D eigenvalue weighted by Crippen LogP contribution is -2.48. The molecule has 1 aromatic rings. The fourth-order valence-corrected chi connectivity index (χ4v) is 2.40. The molecule has 0 aliphatic carbocycles. The van der Waals surface area contributed by atoms with E-state index in [0.717, 1.165) is 18.7 Å². The SMILES string of the molecule is O=C1C2CC(CN2)N1c1ccc(O)cc1. The van der Waals surface area contributed by atoms with E-state index in [4.69, 9.17) is 0 Å². The molecule has 2 fully saturated rings. The Hall–Kier alpha value is -1.55.